The van der Waals surface area contributed by atoms with Crippen LogP contribution in [0.1, 0.15) is 24.4 Å². The number of ether oxygens (including phenoxy) is 1. The van der Waals surface area contributed by atoms with Gasteiger partial charge in [0.1, 0.15) is 6.04 Å². The van der Waals surface area contributed by atoms with E-state index in [1.165, 1.54) is 7.11 Å². The Balaban J connectivity index is 2.22. The van der Waals surface area contributed by atoms with Gasteiger partial charge in [0.05, 0.1) is 19.8 Å². The summed E-state index contributed by atoms with van der Waals surface area (Å²) >= 11 is 0. The van der Waals surface area contributed by atoms with Gasteiger partial charge in [-0.3, -0.25) is 4.79 Å². The second kappa shape index (κ2) is 7.08. The Hall–Kier alpha value is -2.08. The molecule has 1 heterocycles. The Kier molecular flexibility index (Phi) is 5.16. The minimum absolute atomic E-state index is 0.0640. The zero-order valence-electron chi connectivity index (χ0n) is 12.0. The molecule has 1 fully saturated rings. The monoisotopic (exact) mass is 292 g/mol. The lowest BCUT2D eigenvalue weighted by Gasteiger charge is -2.28. The van der Waals surface area contributed by atoms with E-state index in [9.17, 15) is 14.7 Å². The Morgan fingerprint density at radius 2 is 2.14 bits per heavy atom. The van der Waals surface area contributed by atoms with Gasteiger partial charge in [0.2, 0.25) is 5.91 Å². The van der Waals surface area contributed by atoms with Crippen LogP contribution in [0.3, 0.4) is 0 Å². The number of aliphatic hydroxyl groups excluding tert-OH is 1. The molecule has 0 aliphatic carbocycles. The Bertz CT molecular complexity index is 492. The minimum Gasteiger partial charge on any atom is -0.453 e. The third-order valence-corrected chi connectivity index (χ3v) is 3.70. The maximum atomic E-state index is 12.7. The number of benzene rings is 1. The number of rotatable bonds is 4. The molecule has 0 spiro atoms. The van der Waals surface area contributed by atoms with Crippen molar-refractivity contribution in [1.29, 1.82) is 0 Å². The summed E-state index contributed by atoms with van der Waals surface area (Å²) in [5.41, 5.74) is 0.691. The summed E-state index contributed by atoms with van der Waals surface area (Å²) in [5.74, 6) is -0.219. The summed E-state index contributed by atoms with van der Waals surface area (Å²) in [5, 5.41) is 11.9. The number of carbonyl (C=O) groups is 2. The van der Waals surface area contributed by atoms with E-state index in [0.29, 0.717) is 12.1 Å². The molecule has 21 heavy (non-hydrogen) atoms. The van der Waals surface area contributed by atoms with Gasteiger partial charge >= 0.3 is 6.09 Å². The fourth-order valence-electron chi connectivity index (χ4n) is 2.59. The first-order valence-corrected chi connectivity index (χ1v) is 6.98. The van der Waals surface area contributed by atoms with E-state index < -0.39 is 12.1 Å². The van der Waals surface area contributed by atoms with Crippen molar-refractivity contribution in [1.82, 2.24) is 10.2 Å². The van der Waals surface area contributed by atoms with Crippen molar-refractivity contribution in [3.63, 3.8) is 0 Å². The molecule has 2 atom stereocenters. The molecule has 6 heteroatoms. The van der Waals surface area contributed by atoms with Crippen molar-refractivity contribution < 1.29 is 19.4 Å². The second-order valence-corrected chi connectivity index (χ2v) is 4.99. The van der Waals surface area contributed by atoms with Crippen LogP contribution >= 0.6 is 0 Å². The number of methoxy groups -OCH3 is 1. The minimum atomic E-state index is -0.800. The van der Waals surface area contributed by atoms with E-state index in [0.717, 1.165) is 12.8 Å². The van der Waals surface area contributed by atoms with Crippen molar-refractivity contribution in [2.75, 3.05) is 20.3 Å². The predicted octanol–water partition coefficient (Wildman–Crippen LogP) is 1.07. The van der Waals surface area contributed by atoms with Crippen molar-refractivity contribution in [2.24, 2.45) is 0 Å². The number of nitrogens with zero attached hydrogens (tertiary/aromatic N) is 1. The first-order valence-electron chi connectivity index (χ1n) is 6.98. The lowest BCUT2D eigenvalue weighted by atomic mass is 10.1. The molecule has 1 aliphatic heterocycles. The zero-order valence-corrected chi connectivity index (χ0v) is 12.0. The first kappa shape index (κ1) is 15.3. The summed E-state index contributed by atoms with van der Waals surface area (Å²) in [4.78, 5) is 25.9. The quantitative estimate of drug-likeness (QED) is 0.870. The average molecular weight is 292 g/mol. The topological polar surface area (TPSA) is 78.9 Å². The van der Waals surface area contributed by atoms with E-state index in [2.05, 4.69) is 10.1 Å². The molecule has 0 aromatic heterocycles. The molecule has 0 saturated carbocycles. The van der Waals surface area contributed by atoms with Crippen LogP contribution in [0.4, 0.5) is 4.79 Å². The van der Waals surface area contributed by atoms with Crippen LogP contribution in [0.2, 0.25) is 0 Å². The van der Waals surface area contributed by atoms with E-state index in [4.69, 9.17) is 0 Å². The van der Waals surface area contributed by atoms with Crippen LogP contribution in [0.15, 0.2) is 30.3 Å². The molecule has 6 nitrogen and oxygen atoms in total. The second-order valence-electron chi connectivity index (χ2n) is 4.99. The van der Waals surface area contributed by atoms with Gasteiger partial charge in [-0.2, -0.15) is 0 Å². The van der Waals surface area contributed by atoms with Crippen LogP contribution in [0.25, 0.3) is 0 Å². The molecule has 1 aromatic rings. The summed E-state index contributed by atoms with van der Waals surface area (Å²) in [7, 11) is 1.26. The van der Waals surface area contributed by atoms with Gasteiger partial charge in [0.15, 0.2) is 0 Å². The Labute approximate surface area is 123 Å². The van der Waals surface area contributed by atoms with Gasteiger partial charge in [-0.05, 0) is 18.4 Å². The van der Waals surface area contributed by atoms with Gasteiger partial charge in [-0.1, -0.05) is 30.3 Å². The highest BCUT2D eigenvalue weighted by Crippen LogP contribution is 2.23. The number of hydrogen-bond acceptors (Lipinski definition) is 4. The first-order chi connectivity index (χ1) is 10.2. The van der Waals surface area contributed by atoms with Gasteiger partial charge in [0, 0.05) is 6.54 Å². The van der Waals surface area contributed by atoms with Gasteiger partial charge in [0.25, 0.3) is 0 Å². The van der Waals surface area contributed by atoms with Crippen LogP contribution in [0, 0.1) is 0 Å². The molecule has 0 unspecified atom stereocenters. The molecule has 2 amide bonds. The number of amides is 2. The number of carbonyl (C=O) groups excluding carboxylic acids is 2. The summed E-state index contributed by atoms with van der Waals surface area (Å²) in [6, 6.07) is 8.04. The van der Waals surface area contributed by atoms with Gasteiger partial charge < -0.3 is 20.1 Å². The molecule has 0 bridgehead atoms. The zero-order chi connectivity index (χ0) is 15.2. The number of likely N-dealkylation sites (tertiary alicyclic amines) is 1. The van der Waals surface area contributed by atoms with E-state index in [1.807, 2.05) is 18.2 Å². The van der Waals surface area contributed by atoms with Crippen molar-refractivity contribution in [3.05, 3.63) is 35.9 Å². The number of alkyl carbamates (subject to hydrolysis) is 1. The molecule has 114 valence electrons. The highest BCUT2D eigenvalue weighted by molar-refractivity contribution is 5.87. The lowest BCUT2D eigenvalue weighted by Crippen LogP contribution is -2.46. The molecular weight excluding hydrogens is 272 g/mol. The third-order valence-electron chi connectivity index (χ3n) is 3.70. The van der Waals surface area contributed by atoms with Crippen molar-refractivity contribution in [3.8, 4) is 0 Å². The van der Waals surface area contributed by atoms with Gasteiger partial charge in [-0.15, -0.1) is 0 Å². The largest absolute Gasteiger partial charge is 0.453 e. The Morgan fingerprint density at radius 3 is 2.76 bits per heavy atom. The third kappa shape index (κ3) is 3.52. The fourth-order valence-corrected chi connectivity index (χ4v) is 2.59. The smallest absolute Gasteiger partial charge is 0.407 e. The normalized spacial score (nSPS) is 19.1. The molecule has 2 N–H and O–H groups in total. The van der Waals surface area contributed by atoms with Crippen LogP contribution < -0.4 is 5.32 Å². The van der Waals surface area contributed by atoms with Crippen molar-refractivity contribution >= 4 is 12.0 Å². The van der Waals surface area contributed by atoms with Crippen LogP contribution in [-0.4, -0.2) is 48.3 Å². The summed E-state index contributed by atoms with van der Waals surface area (Å²) < 4.78 is 4.60. The lowest BCUT2D eigenvalue weighted by molar-refractivity contribution is -0.135. The highest BCUT2D eigenvalue weighted by atomic mass is 16.5. The SMILES string of the molecule is COC(=O)N[C@@H](C(=O)N1CCC[C@H]1CO)c1ccccc1. The molecule has 1 saturated heterocycles. The molecule has 1 aliphatic rings. The fraction of sp³-hybridized carbons (Fsp3) is 0.467. The summed E-state index contributed by atoms with van der Waals surface area (Å²) in [6.45, 7) is 0.529. The maximum absolute atomic E-state index is 12.7. The summed E-state index contributed by atoms with van der Waals surface area (Å²) in [6.07, 6.45) is 0.982. The van der Waals surface area contributed by atoms with E-state index in [1.54, 1.807) is 17.0 Å². The highest BCUT2D eigenvalue weighted by Gasteiger charge is 2.34. The van der Waals surface area contributed by atoms with E-state index >= 15 is 0 Å². The molecular formula is C15H20N2O4. The van der Waals surface area contributed by atoms with E-state index in [-0.39, 0.29) is 18.6 Å². The predicted molar refractivity (Wildman–Crippen MR) is 76.5 cm³/mol. The number of hydrogen-bond donors (Lipinski definition) is 2. The van der Waals surface area contributed by atoms with Gasteiger partial charge in [-0.25, -0.2) is 4.79 Å². The van der Waals surface area contributed by atoms with Crippen LogP contribution in [0.5, 0.6) is 0 Å². The van der Waals surface area contributed by atoms with Crippen molar-refractivity contribution in [2.45, 2.75) is 24.9 Å². The maximum Gasteiger partial charge on any atom is 0.407 e. The standard InChI is InChI=1S/C15H20N2O4/c1-21-15(20)16-13(11-6-3-2-4-7-11)14(19)17-9-5-8-12(17)10-18/h2-4,6-7,12-13,18H,5,8-10H2,1H3,(H,16,20)/t12-,13+/m0/s1. The molecule has 0 radical (unpaired) electrons. The molecule has 1 aromatic carbocycles. The number of nitrogens with one attached hydrogen (secondary N) is 1. The molecule has 2 rings (SSSR count). The Morgan fingerprint density at radius 1 is 1.43 bits per heavy atom. The number of aliphatic hydroxyl groups is 1. The van der Waals surface area contributed by atoms with Crippen LogP contribution in [-0.2, 0) is 9.53 Å². The average Bonchev–Trinajstić information content (AvgIpc) is 3.01.